The molecule has 4 atom stereocenters. The van der Waals surface area contributed by atoms with E-state index in [1.54, 1.807) is 18.2 Å². The van der Waals surface area contributed by atoms with Gasteiger partial charge in [-0.05, 0) is 70.1 Å². The second-order valence-corrected chi connectivity index (χ2v) is 8.21. The van der Waals surface area contributed by atoms with Gasteiger partial charge in [-0.1, -0.05) is 6.07 Å². The molecule has 0 spiro atoms. The monoisotopic (exact) mass is 365 g/mol. The van der Waals surface area contributed by atoms with Crippen LogP contribution < -0.4 is 16.4 Å². The molecule has 0 aromatic heterocycles. The van der Waals surface area contributed by atoms with Crippen LogP contribution in [0.4, 0.5) is 5.69 Å². The minimum Gasteiger partial charge on any atom is -0.347 e. The lowest BCUT2D eigenvalue weighted by Gasteiger charge is -2.27. The Kier molecular flexibility index (Phi) is 5.79. The summed E-state index contributed by atoms with van der Waals surface area (Å²) in [6.07, 6.45) is 3.33. The lowest BCUT2D eigenvalue weighted by atomic mass is 9.84. The summed E-state index contributed by atoms with van der Waals surface area (Å²) < 4.78 is 0. The van der Waals surface area contributed by atoms with Gasteiger partial charge in [0.1, 0.15) is 0 Å². The molecular weight excluding hydrogens is 338 g/mol. The molecule has 0 saturated heterocycles. The summed E-state index contributed by atoms with van der Waals surface area (Å²) >= 11 is 0. The maximum absolute atomic E-state index is 12.6. The van der Waals surface area contributed by atoms with Crippen molar-refractivity contribution in [1.29, 1.82) is 0 Å². The van der Waals surface area contributed by atoms with Gasteiger partial charge in [0.05, 0.1) is 5.92 Å². The molecule has 4 N–H and O–H groups in total. The molecule has 2 amide bonds. The van der Waals surface area contributed by atoms with Crippen molar-refractivity contribution in [2.45, 2.75) is 51.6 Å². The summed E-state index contributed by atoms with van der Waals surface area (Å²) in [6, 6.07) is 7.03. The van der Waals surface area contributed by atoms with Crippen LogP contribution in [0.2, 0.25) is 0 Å². The van der Waals surface area contributed by atoms with E-state index >= 15 is 0 Å². The fourth-order valence-electron chi connectivity index (χ4n) is 4.10. The first-order valence-electron chi connectivity index (χ1n) is 8.73. The minimum absolute atomic E-state index is 0. The molecule has 2 bridgehead atoms. The van der Waals surface area contributed by atoms with E-state index in [0.29, 0.717) is 23.1 Å². The molecule has 2 saturated carbocycles. The lowest BCUT2D eigenvalue weighted by molar-refractivity contribution is -0.121. The number of amides is 2. The first-order chi connectivity index (χ1) is 11.2. The van der Waals surface area contributed by atoms with Gasteiger partial charge in [0.15, 0.2) is 0 Å². The summed E-state index contributed by atoms with van der Waals surface area (Å²) in [7, 11) is 0. The standard InChI is InChI=1S/C19H27N3O2.ClH/c1-19(2,3)22-17(23)13-5-4-6-14(10-13)21-18(24)15-11-7-8-12(9-11)16(15)20;/h4-6,10-12,15-16H,7-9,20H2,1-3H3,(H,21,24)(H,22,23);1H. The molecule has 138 valence electrons. The lowest BCUT2D eigenvalue weighted by Crippen LogP contribution is -2.42. The third kappa shape index (κ3) is 4.33. The number of nitrogens with one attached hydrogen (secondary N) is 2. The summed E-state index contributed by atoms with van der Waals surface area (Å²) in [6.45, 7) is 5.81. The molecule has 0 heterocycles. The van der Waals surface area contributed by atoms with Crippen molar-refractivity contribution in [3.63, 3.8) is 0 Å². The Hall–Kier alpha value is -1.59. The number of halogens is 1. The first kappa shape index (κ1) is 19.7. The highest BCUT2D eigenvalue weighted by molar-refractivity contribution is 5.98. The zero-order chi connectivity index (χ0) is 17.5. The van der Waals surface area contributed by atoms with Crippen LogP contribution in [0.3, 0.4) is 0 Å². The Morgan fingerprint density at radius 3 is 2.44 bits per heavy atom. The van der Waals surface area contributed by atoms with Crippen molar-refractivity contribution in [2.75, 3.05) is 5.32 Å². The molecule has 2 aliphatic rings. The number of hydrogen-bond donors (Lipinski definition) is 3. The third-order valence-electron chi connectivity index (χ3n) is 5.16. The van der Waals surface area contributed by atoms with Crippen molar-refractivity contribution >= 4 is 29.9 Å². The summed E-state index contributed by atoms with van der Waals surface area (Å²) in [4.78, 5) is 24.9. The van der Waals surface area contributed by atoms with Gasteiger partial charge in [-0.25, -0.2) is 0 Å². The van der Waals surface area contributed by atoms with Crippen LogP contribution in [-0.4, -0.2) is 23.4 Å². The number of fused-ring (bicyclic) bond motifs is 2. The van der Waals surface area contributed by atoms with E-state index in [-0.39, 0.29) is 41.7 Å². The minimum atomic E-state index is -0.299. The second-order valence-electron chi connectivity index (χ2n) is 8.21. The van der Waals surface area contributed by atoms with E-state index in [1.807, 2.05) is 26.8 Å². The Morgan fingerprint density at radius 2 is 1.84 bits per heavy atom. The van der Waals surface area contributed by atoms with Gasteiger partial charge < -0.3 is 16.4 Å². The number of hydrogen-bond acceptors (Lipinski definition) is 3. The van der Waals surface area contributed by atoms with Crippen molar-refractivity contribution in [3.8, 4) is 0 Å². The molecule has 0 aliphatic heterocycles. The van der Waals surface area contributed by atoms with Gasteiger partial charge >= 0.3 is 0 Å². The zero-order valence-electron chi connectivity index (χ0n) is 15.0. The molecule has 5 nitrogen and oxygen atoms in total. The maximum atomic E-state index is 12.6. The van der Waals surface area contributed by atoms with Gasteiger partial charge in [0, 0.05) is 22.8 Å². The normalized spacial score (nSPS) is 27.5. The van der Waals surface area contributed by atoms with Crippen molar-refractivity contribution in [3.05, 3.63) is 29.8 Å². The van der Waals surface area contributed by atoms with Crippen LogP contribution in [0.25, 0.3) is 0 Å². The van der Waals surface area contributed by atoms with E-state index < -0.39 is 0 Å². The van der Waals surface area contributed by atoms with Gasteiger partial charge in [0.25, 0.3) is 5.91 Å². The number of carbonyl (C=O) groups excluding carboxylic acids is 2. The van der Waals surface area contributed by atoms with Crippen molar-refractivity contribution < 1.29 is 9.59 Å². The number of rotatable bonds is 3. The smallest absolute Gasteiger partial charge is 0.251 e. The average molecular weight is 366 g/mol. The predicted molar refractivity (Wildman–Crippen MR) is 102 cm³/mol. The van der Waals surface area contributed by atoms with Gasteiger partial charge in [-0.15, -0.1) is 12.4 Å². The molecule has 2 aliphatic carbocycles. The number of carbonyl (C=O) groups is 2. The molecular formula is C19H28ClN3O2. The Balaban J connectivity index is 0.00000225. The highest BCUT2D eigenvalue weighted by atomic mass is 35.5. The molecule has 6 heteroatoms. The first-order valence-corrected chi connectivity index (χ1v) is 8.73. The predicted octanol–water partition coefficient (Wildman–Crippen LogP) is 2.95. The summed E-state index contributed by atoms with van der Waals surface area (Å²) in [5, 5.41) is 5.89. The molecule has 25 heavy (non-hydrogen) atoms. The van der Waals surface area contributed by atoms with Crippen LogP contribution in [0.5, 0.6) is 0 Å². The van der Waals surface area contributed by atoms with E-state index in [4.69, 9.17) is 5.73 Å². The van der Waals surface area contributed by atoms with Crippen molar-refractivity contribution in [2.24, 2.45) is 23.5 Å². The Labute approximate surface area is 155 Å². The fraction of sp³-hybridized carbons (Fsp3) is 0.579. The summed E-state index contributed by atoms with van der Waals surface area (Å²) in [5.41, 5.74) is 7.13. The highest BCUT2D eigenvalue weighted by Gasteiger charge is 2.49. The van der Waals surface area contributed by atoms with Gasteiger partial charge in [-0.2, -0.15) is 0 Å². The summed E-state index contributed by atoms with van der Waals surface area (Å²) in [5.74, 6) is 0.654. The van der Waals surface area contributed by atoms with Crippen LogP contribution in [0, 0.1) is 17.8 Å². The van der Waals surface area contributed by atoms with Crippen LogP contribution in [0.15, 0.2) is 24.3 Å². The fourth-order valence-corrected chi connectivity index (χ4v) is 4.10. The molecule has 0 radical (unpaired) electrons. The van der Waals surface area contributed by atoms with E-state index in [9.17, 15) is 9.59 Å². The SMILES string of the molecule is CC(C)(C)NC(=O)c1cccc(NC(=O)C2C3CCC(C3)C2N)c1.Cl. The molecule has 1 aromatic carbocycles. The zero-order valence-corrected chi connectivity index (χ0v) is 15.9. The maximum Gasteiger partial charge on any atom is 0.251 e. The molecule has 1 aromatic rings. The number of benzene rings is 1. The largest absolute Gasteiger partial charge is 0.347 e. The van der Waals surface area contributed by atoms with E-state index in [0.717, 1.165) is 19.3 Å². The van der Waals surface area contributed by atoms with Crippen LogP contribution >= 0.6 is 12.4 Å². The van der Waals surface area contributed by atoms with E-state index in [1.165, 1.54) is 0 Å². The molecule has 2 fully saturated rings. The average Bonchev–Trinajstić information content (AvgIpc) is 3.06. The third-order valence-corrected chi connectivity index (χ3v) is 5.16. The second kappa shape index (κ2) is 7.34. The number of nitrogens with two attached hydrogens (primary N) is 1. The van der Waals surface area contributed by atoms with Gasteiger partial charge in [0.2, 0.25) is 5.91 Å². The van der Waals surface area contributed by atoms with Crippen molar-refractivity contribution in [1.82, 2.24) is 5.32 Å². The quantitative estimate of drug-likeness (QED) is 0.769. The van der Waals surface area contributed by atoms with Crippen LogP contribution in [0.1, 0.15) is 50.4 Å². The Morgan fingerprint density at radius 1 is 1.16 bits per heavy atom. The Bertz CT molecular complexity index is 654. The highest BCUT2D eigenvalue weighted by Crippen LogP contribution is 2.47. The van der Waals surface area contributed by atoms with E-state index in [2.05, 4.69) is 10.6 Å². The number of anilines is 1. The molecule has 3 rings (SSSR count). The van der Waals surface area contributed by atoms with Gasteiger partial charge in [-0.3, -0.25) is 9.59 Å². The van der Waals surface area contributed by atoms with Crippen LogP contribution in [-0.2, 0) is 4.79 Å². The molecule has 4 unspecified atom stereocenters. The topological polar surface area (TPSA) is 84.2 Å².